The molecule has 2 heteroatoms. The van der Waals surface area contributed by atoms with E-state index in [1.165, 1.54) is 0 Å². The number of nitrogens with two attached hydrogens (primary N) is 1. The number of ether oxygens (including phenoxy) is 1. The molecule has 0 unspecified atom stereocenters. The van der Waals surface area contributed by atoms with Crippen LogP contribution in [0.3, 0.4) is 0 Å². The molecular formula is C14H17NO. The van der Waals surface area contributed by atoms with Gasteiger partial charge in [-0.25, -0.2) is 0 Å². The normalized spacial score (nSPS) is 11.0. The Morgan fingerprint density at radius 3 is 2.31 bits per heavy atom. The second-order valence-corrected chi connectivity index (χ2v) is 4.28. The number of nitrogen functional groups attached to an aromatic ring is 1. The lowest BCUT2D eigenvalue weighted by molar-refractivity contribution is 0.419. The first-order chi connectivity index (χ1) is 7.65. The molecule has 0 atom stereocenters. The number of methoxy groups -OCH3 is 1. The van der Waals surface area contributed by atoms with Crippen molar-refractivity contribution in [3.63, 3.8) is 0 Å². The van der Waals surface area contributed by atoms with Crippen LogP contribution in [0.1, 0.15) is 25.3 Å². The molecule has 0 aliphatic rings. The molecule has 0 bridgehead atoms. The number of hydrogen-bond acceptors (Lipinski definition) is 2. The van der Waals surface area contributed by atoms with Crippen molar-refractivity contribution >= 4 is 16.5 Å². The van der Waals surface area contributed by atoms with Crippen molar-refractivity contribution in [2.24, 2.45) is 0 Å². The lowest BCUT2D eigenvalue weighted by atomic mass is 9.96. The van der Waals surface area contributed by atoms with Gasteiger partial charge in [-0.15, -0.1) is 0 Å². The number of fused-ring (bicyclic) bond motifs is 1. The summed E-state index contributed by atoms with van der Waals surface area (Å²) in [5.74, 6) is 1.30. The van der Waals surface area contributed by atoms with Crippen molar-refractivity contribution in [2.45, 2.75) is 19.8 Å². The van der Waals surface area contributed by atoms with Crippen molar-refractivity contribution in [1.82, 2.24) is 0 Å². The molecule has 0 fully saturated rings. The summed E-state index contributed by atoms with van der Waals surface area (Å²) in [6, 6.07) is 10.1. The summed E-state index contributed by atoms with van der Waals surface area (Å²) in [5.41, 5.74) is 8.20. The summed E-state index contributed by atoms with van der Waals surface area (Å²) in [6.07, 6.45) is 0. The van der Waals surface area contributed by atoms with Gasteiger partial charge in [0.2, 0.25) is 0 Å². The van der Waals surface area contributed by atoms with Crippen LogP contribution in [0.4, 0.5) is 5.69 Å². The van der Waals surface area contributed by atoms with Crippen molar-refractivity contribution in [2.75, 3.05) is 12.8 Å². The second-order valence-electron chi connectivity index (χ2n) is 4.28. The standard InChI is InChI=1S/C14H17NO/c1-9(2)12-8-13(16-3)10-6-4-5-7-11(10)14(12)15/h4-9H,15H2,1-3H3. The summed E-state index contributed by atoms with van der Waals surface area (Å²) < 4.78 is 5.42. The van der Waals surface area contributed by atoms with Crippen LogP contribution in [0.15, 0.2) is 30.3 Å². The van der Waals surface area contributed by atoms with Gasteiger partial charge in [-0.2, -0.15) is 0 Å². The Balaban J connectivity index is 2.83. The average Bonchev–Trinajstić information content (AvgIpc) is 2.29. The molecule has 0 aromatic heterocycles. The van der Waals surface area contributed by atoms with E-state index in [0.29, 0.717) is 5.92 Å². The zero-order chi connectivity index (χ0) is 11.7. The van der Waals surface area contributed by atoms with Crippen molar-refractivity contribution in [3.05, 3.63) is 35.9 Å². The molecule has 16 heavy (non-hydrogen) atoms. The van der Waals surface area contributed by atoms with Crippen LogP contribution in [-0.4, -0.2) is 7.11 Å². The Hall–Kier alpha value is -1.70. The van der Waals surface area contributed by atoms with Gasteiger partial charge in [-0.3, -0.25) is 0 Å². The molecule has 2 aromatic rings. The predicted octanol–water partition coefficient (Wildman–Crippen LogP) is 3.55. The minimum absolute atomic E-state index is 0.401. The summed E-state index contributed by atoms with van der Waals surface area (Å²) in [6.45, 7) is 4.28. The molecule has 0 radical (unpaired) electrons. The van der Waals surface area contributed by atoms with Gasteiger partial charge in [-0.1, -0.05) is 38.1 Å². The monoisotopic (exact) mass is 215 g/mol. The highest BCUT2D eigenvalue weighted by atomic mass is 16.5. The zero-order valence-corrected chi connectivity index (χ0v) is 9.95. The first-order valence-electron chi connectivity index (χ1n) is 5.50. The molecule has 0 aliphatic carbocycles. The van der Waals surface area contributed by atoms with Crippen LogP contribution >= 0.6 is 0 Å². The van der Waals surface area contributed by atoms with E-state index in [-0.39, 0.29) is 0 Å². The molecule has 0 saturated heterocycles. The van der Waals surface area contributed by atoms with E-state index in [4.69, 9.17) is 10.5 Å². The molecule has 0 amide bonds. The van der Waals surface area contributed by atoms with Gasteiger partial charge < -0.3 is 10.5 Å². The Bertz CT molecular complexity index is 517. The fraction of sp³-hybridized carbons (Fsp3) is 0.286. The second kappa shape index (κ2) is 4.05. The summed E-state index contributed by atoms with van der Waals surface area (Å²) in [5, 5.41) is 2.15. The lowest BCUT2D eigenvalue weighted by Crippen LogP contribution is -1.99. The van der Waals surface area contributed by atoms with Crippen molar-refractivity contribution in [1.29, 1.82) is 0 Å². The Labute approximate surface area is 96.0 Å². The maximum absolute atomic E-state index is 6.19. The van der Waals surface area contributed by atoms with Crippen LogP contribution in [0.25, 0.3) is 10.8 Å². The van der Waals surface area contributed by atoms with Crippen molar-refractivity contribution in [3.8, 4) is 5.75 Å². The third-order valence-electron chi connectivity index (χ3n) is 2.92. The number of rotatable bonds is 2. The Kier molecular flexibility index (Phi) is 2.73. The van der Waals surface area contributed by atoms with Crippen LogP contribution < -0.4 is 10.5 Å². The Morgan fingerprint density at radius 2 is 1.75 bits per heavy atom. The molecular weight excluding hydrogens is 198 g/mol. The van der Waals surface area contributed by atoms with Gasteiger partial charge in [0.05, 0.1) is 7.11 Å². The van der Waals surface area contributed by atoms with Gasteiger partial charge in [0.25, 0.3) is 0 Å². The van der Waals surface area contributed by atoms with Gasteiger partial charge in [0, 0.05) is 16.5 Å². The van der Waals surface area contributed by atoms with Gasteiger partial charge in [0.1, 0.15) is 5.75 Å². The molecule has 0 heterocycles. The third kappa shape index (κ3) is 1.60. The van der Waals surface area contributed by atoms with Crippen LogP contribution in [0, 0.1) is 0 Å². The summed E-state index contributed by atoms with van der Waals surface area (Å²) in [7, 11) is 1.70. The quantitative estimate of drug-likeness (QED) is 0.777. The van der Waals surface area contributed by atoms with E-state index in [0.717, 1.165) is 27.8 Å². The lowest BCUT2D eigenvalue weighted by Gasteiger charge is -2.15. The molecule has 2 aromatic carbocycles. The van der Waals surface area contributed by atoms with Crippen molar-refractivity contribution < 1.29 is 4.74 Å². The minimum atomic E-state index is 0.401. The molecule has 2 nitrogen and oxygen atoms in total. The topological polar surface area (TPSA) is 35.2 Å². The highest BCUT2D eigenvalue weighted by Crippen LogP contribution is 2.36. The van der Waals surface area contributed by atoms with E-state index < -0.39 is 0 Å². The van der Waals surface area contributed by atoms with Crippen LogP contribution in [0.5, 0.6) is 5.75 Å². The number of benzene rings is 2. The largest absolute Gasteiger partial charge is 0.496 e. The highest BCUT2D eigenvalue weighted by Gasteiger charge is 2.11. The SMILES string of the molecule is COc1cc(C(C)C)c(N)c2ccccc12. The molecule has 0 spiro atoms. The molecule has 2 N–H and O–H groups in total. The fourth-order valence-corrected chi connectivity index (χ4v) is 2.03. The minimum Gasteiger partial charge on any atom is -0.496 e. The molecule has 0 aliphatic heterocycles. The average molecular weight is 215 g/mol. The third-order valence-corrected chi connectivity index (χ3v) is 2.92. The molecule has 2 rings (SSSR count). The first kappa shape index (κ1) is 10.8. The maximum Gasteiger partial charge on any atom is 0.127 e. The summed E-state index contributed by atoms with van der Waals surface area (Å²) in [4.78, 5) is 0. The number of anilines is 1. The zero-order valence-electron chi connectivity index (χ0n) is 9.95. The van der Waals surface area contributed by atoms with Crippen LogP contribution in [-0.2, 0) is 0 Å². The predicted molar refractivity (Wildman–Crippen MR) is 69.0 cm³/mol. The van der Waals surface area contributed by atoms with Gasteiger partial charge in [0.15, 0.2) is 0 Å². The Morgan fingerprint density at radius 1 is 1.12 bits per heavy atom. The van der Waals surface area contributed by atoms with Gasteiger partial charge >= 0.3 is 0 Å². The fourth-order valence-electron chi connectivity index (χ4n) is 2.03. The molecule has 84 valence electrons. The van der Waals surface area contributed by atoms with Crippen LogP contribution in [0.2, 0.25) is 0 Å². The smallest absolute Gasteiger partial charge is 0.127 e. The van der Waals surface area contributed by atoms with E-state index in [1.807, 2.05) is 30.3 Å². The van der Waals surface area contributed by atoms with E-state index in [2.05, 4.69) is 13.8 Å². The van der Waals surface area contributed by atoms with E-state index in [9.17, 15) is 0 Å². The molecule has 0 saturated carbocycles. The first-order valence-corrected chi connectivity index (χ1v) is 5.50. The van der Waals surface area contributed by atoms with E-state index in [1.54, 1.807) is 7.11 Å². The summed E-state index contributed by atoms with van der Waals surface area (Å²) >= 11 is 0. The highest BCUT2D eigenvalue weighted by molar-refractivity contribution is 5.98. The number of hydrogen-bond donors (Lipinski definition) is 1. The van der Waals surface area contributed by atoms with Gasteiger partial charge in [-0.05, 0) is 17.5 Å². The maximum atomic E-state index is 6.19. The van der Waals surface area contributed by atoms with E-state index >= 15 is 0 Å².